The second kappa shape index (κ2) is 10.2. The number of anilines is 2. The summed E-state index contributed by atoms with van der Waals surface area (Å²) in [6.07, 6.45) is 2.54. The van der Waals surface area contributed by atoms with Gasteiger partial charge in [0.05, 0.1) is 29.2 Å². The Morgan fingerprint density at radius 2 is 1.86 bits per heavy atom. The fourth-order valence-electron chi connectivity index (χ4n) is 4.35. The van der Waals surface area contributed by atoms with Gasteiger partial charge in [-0.3, -0.25) is 0 Å². The summed E-state index contributed by atoms with van der Waals surface area (Å²) in [5.74, 6) is 0.706. The van der Waals surface area contributed by atoms with Gasteiger partial charge in [0.15, 0.2) is 0 Å². The van der Waals surface area contributed by atoms with Crippen molar-refractivity contribution in [2.24, 2.45) is 0 Å². The molecule has 3 aromatic carbocycles. The number of hydrogen-bond donors (Lipinski definition) is 4. The lowest BCUT2D eigenvalue weighted by Gasteiger charge is -2.30. The van der Waals surface area contributed by atoms with Crippen LogP contribution in [0.3, 0.4) is 0 Å². The highest BCUT2D eigenvalue weighted by Gasteiger charge is 2.23. The van der Waals surface area contributed by atoms with Crippen LogP contribution in [0.15, 0.2) is 72.9 Å². The monoisotopic (exact) mass is 487 g/mol. The molecule has 0 atom stereocenters. The van der Waals surface area contributed by atoms with E-state index in [1.807, 2.05) is 72.9 Å². The number of aliphatic hydroxyl groups excluding tert-OH is 1. The molecule has 4 aromatic rings. The zero-order valence-corrected chi connectivity index (χ0v) is 19.8. The van der Waals surface area contributed by atoms with Crippen LogP contribution < -0.4 is 10.6 Å². The van der Waals surface area contributed by atoms with Gasteiger partial charge in [-0.15, -0.1) is 0 Å². The molecule has 2 amide bonds. The molecule has 0 aliphatic carbocycles. The van der Waals surface area contributed by atoms with Crippen LogP contribution in [0.25, 0.3) is 22.6 Å². The van der Waals surface area contributed by atoms with E-state index in [1.54, 1.807) is 4.90 Å². The lowest BCUT2D eigenvalue weighted by atomic mass is 9.97. The number of fused-ring (bicyclic) bond motifs is 1. The van der Waals surface area contributed by atoms with Gasteiger partial charge >= 0.3 is 6.03 Å². The number of halogens is 1. The molecule has 0 saturated heterocycles. The molecule has 178 valence electrons. The van der Waals surface area contributed by atoms with Crippen molar-refractivity contribution in [3.05, 3.63) is 89.1 Å². The minimum atomic E-state index is -0.160. The summed E-state index contributed by atoms with van der Waals surface area (Å²) >= 11 is 6.84. The van der Waals surface area contributed by atoms with Crippen molar-refractivity contribution in [3.63, 3.8) is 0 Å². The zero-order chi connectivity index (χ0) is 24.2. The molecule has 0 radical (unpaired) electrons. The molecule has 0 spiro atoms. The third-order valence-electron chi connectivity index (χ3n) is 6.12. The predicted molar refractivity (Wildman–Crippen MR) is 139 cm³/mol. The largest absolute Gasteiger partial charge is 0.395 e. The number of H-pyrrole nitrogens is 1. The Labute approximate surface area is 208 Å². The zero-order valence-electron chi connectivity index (χ0n) is 19.1. The van der Waals surface area contributed by atoms with Gasteiger partial charge in [-0.05, 0) is 41.3 Å². The number of imidazole rings is 1. The quantitative estimate of drug-likeness (QED) is 0.301. The highest BCUT2D eigenvalue weighted by atomic mass is 35.5. The lowest BCUT2D eigenvalue weighted by molar-refractivity contribution is 0.188. The Balaban J connectivity index is 1.38. The van der Waals surface area contributed by atoms with Crippen LogP contribution in [-0.2, 0) is 13.0 Å². The maximum absolute atomic E-state index is 12.3. The SMILES string of the molecule is O=C(NCCO)N1CCc2c(cccc2Nc2cccc(-c3ncc(-c4ccccc4)[nH]3)c2Cl)C1. The summed E-state index contributed by atoms with van der Waals surface area (Å²) < 4.78 is 0. The summed E-state index contributed by atoms with van der Waals surface area (Å²) in [6.45, 7) is 1.30. The molecule has 1 aliphatic heterocycles. The normalized spacial score (nSPS) is 12.8. The standard InChI is InChI=1S/C27H26ClN5O2/c28-25-21(26-30-16-24(32-26)18-6-2-1-3-7-18)9-5-11-23(25)31-22-10-4-8-19-17-33(14-12-20(19)22)27(35)29-13-15-34/h1-11,16,31,34H,12-15,17H2,(H,29,35)(H,30,32). The van der Waals surface area contributed by atoms with Crippen molar-refractivity contribution in [2.75, 3.05) is 25.0 Å². The lowest BCUT2D eigenvalue weighted by Crippen LogP contribution is -2.43. The molecule has 2 heterocycles. The van der Waals surface area contributed by atoms with E-state index in [-0.39, 0.29) is 19.2 Å². The van der Waals surface area contributed by atoms with E-state index in [1.165, 1.54) is 5.56 Å². The van der Waals surface area contributed by atoms with E-state index in [0.29, 0.717) is 23.9 Å². The highest BCUT2D eigenvalue weighted by molar-refractivity contribution is 6.36. The molecule has 5 rings (SSSR count). The van der Waals surface area contributed by atoms with Crippen molar-refractivity contribution < 1.29 is 9.90 Å². The smallest absolute Gasteiger partial charge is 0.317 e. The molecular weight excluding hydrogens is 462 g/mol. The minimum Gasteiger partial charge on any atom is -0.395 e. The summed E-state index contributed by atoms with van der Waals surface area (Å²) in [5.41, 5.74) is 6.83. The number of amides is 2. The molecule has 0 fully saturated rings. The first-order valence-corrected chi connectivity index (χ1v) is 11.9. The van der Waals surface area contributed by atoms with Gasteiger partial charge in [-0.25, -0.2) is 9.78 Å². The molecule has 0 unspecified atom stereocenters. The fourth-order valence-corrected chi connectivity index (χ4v) is 4.62. The first-order chi connectivity index (χ1) is 17.1. The van der Waals surface area contributed by atoms with Gasteiger partial charge in [0.1, 0.15) is 5.82 Å². The molecule has 1 aromatic heterocycles. The van der Waals surface area contributed by atoms with Gasteiger partial charge < -0.3 is 25.6 Å². The van der Waals surface area contributed by atoms with Gasteiger partial charge in [-0.1, -0.05) is 60.1 Å². The third-order valence-corrected chi connectivity index (χ3v) is 6.53. The van der Waals surface area contributed by atoms with Crippen LogP contribution in [0, 0.1) is 0 Å². The number of aromatic amines is 1. The van der Waals surface area contributed by atoms with Crippen LogP contribution in [0.4, 0.5) is 16.2 Å². The highest BCUT2D eigenvalue weighted by Crippen LogP contribution is 2.36. The van der Waals surface area contributed by atoms with Gasteiger partial charge in [0.2, 0.25) is 0 Å². The number of aliphatic hydroxyl groups is 1. The molecule has 0 saturated carbocycles. The first-order valence-electron chi connectivity index (χ1n) is 11.5. The van der Waals surface area contributed by atoms with E-state index < -0.39 is 0 Å². The van der Waals surface area contributed by atoms with E-state index in [2.05, 4.69) is 20.6 Å². The first kappa shape index (κ1) is 23.0. The molecule has 8 heteroatoms. The number of rotatable bonds is 6. The van der Waals surface area contributed by atoms with Crippen LogP contribution in [-0.4, -0.2) is 45.7 Å². The number of carbonyl (C=O) groups is 1. The maximum Gasteiger partial charge on any atom is 0.317 e. The summed E-state index contributed by atoms with van der Waals surface area (Å²) in [6, 6.07) is 21.8. The Bertz CT molecular complexity index is 1340. The third kappa shape index (κ3) is 4.87. The van der Waals surface area contributed by atoms with Crippen LogP contribution in [0.2, 0.25) is 5.02 Å². The second-order valence-corrected chi connectivity index (χ2v) is 8.75. The van der Waals surface area contributed by atoms with E-state index >= 15 is 0 Å². The average Bonchev–Trinajstić information content (AvgIpc) is 3.39. The van der Waals surface area contributed by atoms with Crippen LogP contribution >= 0.6 is 11.6 Å². The Morgan fingerprint density at radius 1 is 1.06 bits per heavy atom. The number of benzene rings is 3. The average molecular weight is 488 g/mol. The van der Waals surface area contributed by atoms with E-state index in [0.717, 1.165) is 40.2 Å². The van der Waals surface area contributed by atoms with Gasteiger partial charge in [0, 0.05) is 30.9 Å². The Hall–Kier alpha value is -3.81. The summed E-state index contributed by atoms with van der Waals surface area (Å²) in [4.78, 5) is 22.0. The minimum absolute atomic E-state index is 0.0738. The molecule has 35 heavy (non-hydrogen) atoms. The number of nitrogens with zero attached hydrogens (tertiary/aromatic N) is 2. The Kier molecular flexibility index (Phi) is 6.70. The summed E-state index contributed by atoms with van der Waals surface area (Å²) in [7, 11) is 0. The number of carbonyl (C=O) groups excluding carboxylic acids is 1. The summed E-state index contributed by atoms with van der Waals surface area (Å²) in [5, 5.41) is 15.8. The van der Waals surface area contributed by atoms with Gasteiger partial charge in [-0.2, -0.15) is 0 Å². The second-order valence-electron chi connectivity index (χ2n) is 8.37. The van der Waals surface area contributed by atoms with Crippen molar-refractivity contribution in [3.8, 4) is 22.6 Å². The van der Waals surface area contributed by atoms with Crippen molar-refractivity contribution in [1.29, 1.82) is 0 Å². The molecule has 0 bridgehead atoms. The molecule has 4 N–H and O–H groups in total. The number of urea groups is 1. The topological polar surface area (TPSA) is 93.3 Å². The number of aromatic nitrogens is 2. The van der Waals surface area contributed by atoms with E-state index in [4.69, 9.17) is 16.7 Å². The number of hydrogen-bond acceptors (Lipinski definition) is 4. The van der Waals surface area contributed by atoms with Crippen LogP contribution in [0.5, 0.6) is 0 Å². The Morgan fingerprint density at radius 3 is 2.69 bits per heavy atom. The van der Waals surface area contributed by atoms with E-state index in [9.17, 15) is 4.79 Å². The van der Waals surface area contributed by atoms with Crippen molar-refractivity contribution >= 4 is 29.0 Å². The molecular formula is C27H26ClN5O2. The maximum atomic E-state index is 12.3. The van der Waals surface area contributed by atoms with Crippen molar-refractivity contribution in [2.45, 2.75) is 13.0 Å². The molecule has 1 aliphatic rings. The fraction of sp³-hybridized carbons (Fsp3) is 0.185. The number of nitrogens with one attached hydrogen (secondary N) is 3. The predicted octanol–water partition coefficient (Wildman–Crippen LogP) is 5.20. The van der Waals surface area contributed by atoms with Crippen molar-refractivity contribution in [1.82, 2.24) is 20.2 Å². The van der Waals surface area contributed by atoms with Crippen LogP contribution in [0.1, 0.15) is 11.1 Å². The molecule has 7 nitrogen and oxygen atoms in total. The van der Waals surface area contributed by atoms with Gasteiger partial charge in [0.25, 0.3) is 0 Å².